The summed E-state index contributed by atoms with van der Waals surface area (Å²) in [4.78, 5) is 12.3. The van der Waals surface area contributed by atoms with Crippen LogP contribution in [0.15, 0.2) is 30.5 Å². The largest absolute Gasteiger partial charge is 0.396 e. The van der Waals surface area contributed by atoms with Gasteiger partial charge in [-0.2, -0.15) is 5.10 Å². The molecule has 0 aliphatic rings. The van der Waals surface area contributed by atoms with Gasteiger partial charge in [0.05, 0.1) is 11.3 Å². The lowest BCUT2D eigenvalue weighted by atomic mass is 10.1. The van der Waals surface area contributed by atoms with Crippen molar-refractivity contribution in [2.45, 2.75) is 19.9 Å². The normalized spacial score (nSPS) is 10.6. The molecule has 0 saturated heterocycles. The summed E-state index contributed by atoms with van der Waals surface area (Å²) >= 11 is 0. The first-order valence-electron chi connectivity index (χ1n) is 5.75. The third-order valence-electron chi connectivity index (χ3n) is 2.68. The van der Waals surface area contributed by atoms with Gasteiger partial charge in [-0.15, -0.1) is 0 Å². The van der Waals surface area contributed by atoms with Gasteiger partial charge in [-0.25, -0.2) is 4.39 Å². The second kappa shape index (κ2) is 5.00. The molecule has 2 rings (SSSR count). The highest BCUT2D eigenvalue weighted by Crippen LogP contribution is 2.19. The van der Waals surface area contributed by atoms with Gasteiger partial charge in [0.2, 0.25) is 5.78 Å². The number of ketones is 1. The lowest BCUT2D eigenvalue weighted by Crippen LogP contribution is -2.13. The van der Waals surface area contributed by atoms with Gasteiger partial charge in [0.15, 0.2) is 0 Å². The Bertz CT molecular complexity index is 577. The number of hydrogen-bond acceptors (Lipinski definition) is 3. The minimum atomic E-state index is -0.581. The average molecular weight is 247 g/mol. The molecule has 0 bridgehead atoms. The first kappa shape index (κ1) is 12.3. The smallest absolute Gasteiger partial charge is 0.213 e. The molecule has 4 nitrogen and oxygen atoms in total. The number of nitrogens with zero attached hydrogens (tertiary/aromatic N) is 2. The first-order valence-corrected chi connectivity index (χ1v) is 5.75. The zero-order chi connectivity index (χ0) is 13.1. The minimum absolute atomic E-state index is 0.119. The lowest BCUT2D eigenvalue weighted by molar-refractivity contribution is 0.102. The molecule has 0 fully saturated rings. The molecule has 0 atom stereocenters. The summed E-state index contributed by atoms with van der Waals surface area (Å²) in [6, 6.07) is 5.83. The maximum atomic E-state index is 13.3. The molecule has 5 heteroatoms. The molecule has 0 saturated carbocycles. The van der Waals surface area contributed by atoms with Crippen molar-refractivity contribution in [2.75, 3.05) is 5.73 Å². The Balaban J connectivity index is 2.42. The second-order valence-electron chi connectivity index (χ2n) is 3.97. The van der Waals surface area contributed by atoms with Crippen LogP contribution in [0.1, 0.15) is 29.4 Å². The molecular formula is C13H14FN3O. The lowest BCUT2D eigenvalue weighted by Gasteiger charge is -2.07. The number of nitrogens with two attached hydrogens (primary N) is 1. The van der Waals surface area contributed by atoms with E-state index in [1.807, 2.05) is 6.92 Å². The Labute approximate surface area is 104 Å². The van der Waals surface area contributed by atoms with Crippen LogP contribution in [0.2, 0.25) is 0 Å². The van der Waals surface area contributed by atoms with Gasteiger partial charge in [0, 0.05) is 12.7 Å². The molecule has 1 heterocycles. The Hall–Kier alpha value is -2.17. The number of carbonyl (C=O) groups is 1. The van der Waals surface area contributed by atoms with E-state index in [0.29, 0.717) is 12.2 Å². The van der Waals surface area contributed by atoms with Crippen LogP contribution in [0.5, 0.6) is 0 Å². The fourth-order valence-corrected chi connectivity index (χ4v) is 1.79. The molecule has 0 radical (unpaired) electrons. The van der Waals surface area contributed by atoms with Crippen LogP contribution in [0.4, 0.5) is 10.1 Å². The number of benzene rings is 1. The van der Waals surface area contributed by atoms with Gasteiger partial charge in [-0.1, -0.05) is 13.0 Å². The van der Waals surface area contributed by atoms with Crippen molar-refractivity contribution in [3.8, 4) is 0 Å². The van der Waals surface area contributed by atoms with Crippen LogP contribution < -0.4 is 5.73 Å². The van der Waals surface area contributed by atoms with E-state index in [1.54, 1.807) is 16.9 Å². The summed E-state index contributed by atoms with van der Waals surface area (Å²) in [5.74, 6) is -0.889. The fourth-order valence-electron chi connectivity index (χ4n) is 1.79. The Morgan fingerprint density at radius 3 is 2.94 bits per heavy atom. The first-order chi connectivity index (χ1) is 8.65. The summed E-state index contributed by atoms with van der Waals surface area (Å²) in [5.41, 5.74) is 6.07. The van der Waals surface area contributed by atoms with Crippen LogP contribution in [0.3, 0.4) is 0 Å². The van der Waals surface area contributed by atoms with Gasteiger partial charge in [-0.3, -0.25) is 9.48 Å². The molecule has 0 aliphatic carbocycles. The molecule has 0 unspecified atom stereocenters. The molecular weight excluding hydrogens is 233 g/mol. The van der Waals surface area contributed by atoms with Crippen LogP contribution in [-0.4, -0.2) is 15.6 Å². The highest BCUT2D eigenvalue weighted by atomic mass is 19.1. The highest BCUT2D eigenvalue weighted by Gasteiger charge is 2.18. The van der Waals surface area contributed by atoms with Crippen LogP contribution in [0, 0.1) is 5.82 Å². The summed E-state index contributed by atoms with van der Waals surface area (Å²) in [7, 11) is 0. The van der Waals surface area contributed by atoms with Crippen molar-refractivity contribution in [1.82, 2.24) is 9.78 Å². The molecule has 2 aromatic rings. The van der Waals surface area contributed by atoms with E-state index in [-0.39, 0.29) is 17.0 Å². The monoisotopic (exact) mass is 247 g/mol. The van der Waals surface area contributed by atoms with E-state index in [9.17, 15) is 9.18 Å². The Kier molecular flexibility index (Phi) is 3.41. The number of rotatable bonds is 4. The van der Waals surface area contributed by atoms with Crippen molar-refractivity contribution < 1.29 is 9.18 Å². The molecule has 94 valence electrons. The van der Waals surface area contributed by atoms with Crippen LogP contribution >= 0.6 is 0 Å². The summed E-state index contributed by atoms with van der Waals surface area (Å²) in [6.07, 6.45) is 2.42. The number of halogens is 1. The second-order valence-corrected chi connectivity index (χ2v) is 3.97. The number of para-hydroxylation sites is 1. The third-order valence-corrected chi connectivity index (χ3v) is 2.68. The maximum Gasteiger partial charge on any atom is 0.213 e. The van der Waals surface area contributed by atoms with E-state index >= 15 is 0 Å². The molecule has 18 heavy (non-hydrogen) atoms. The van der Waals surface area contributed by atoms with E-state index in [2.05, 4.69) is 5.10 Å². The highest BCUT2D eigenvalue weighted by molar-refractivity contribution is 6.11. The van der Waals surface area contributed by atoms with Gasteiger partial charge in [0.25, 0.3) is 0 Å². The zero-order valence-corrected chi connectivity index (χ0v) is 10.1. The molecule has 0 amide bonds. The predicted molar refractivity (Wildman–Crippen MR) is 66.8 cm³/mol. The summed E-state index contributed by atoms with van der Waals surface area (Å²) < 4.78 is 14.9. The van der Waals surface area contributed by atoms with E-state index in [1.165, 1.54) is 18.2 Å². The fraction of sp³-hybridized carbons (Fsp3) is 0.231. The molecule has 0 spiro atoms. The molecule has 1 aromatic heterocycles. The van der Waals surface area contributed by atoms with Crippen LogP contribution in [0.25, 0.3) is 0 Å². The summed E-state index contributed by atoms with van der Waals surface area (Å²) in [5, 5.41) is 4.07. The van der Waals surface area contributed by atoms with E-state index < -0.39 is 5.82 Å². The quantitative estimate of drug-likeness (QED) is 0.665. The van der Waals surface area contributed by atoms with Crippen LogP contribution in [-0.2, 0) is 6.54 Å². The number of carbonyl (C=O) groups excluding carboxylic acids is 1. The number of hydrogen-bond donors (Lipinski definition) is 1. The molecule has 1 aromatic carbocycles. The average Bonchev–Trinajstić information content (AvgIpc) is 2.80. The van der Waals surface area contributed by atoms with E-state index in [0.717, 1.165) is 6.42 Å². The van der Waals surface area contributed by atoms with Crippen molar-refractivity contribution in [3.05, 3.63) is 47.5 Å². The number of anilines is 1. The van der Waals surface area contributed by atoms with Gasteiger partial charge in [-0.05, 0) is 24.6 Å². The predicted octanol–water partition coefficient (Wildman–Crippen LogP) is 2.25. The topological polar surface area (TPSA) is 60.9 Å². The maximum absolute atomic E-state index is 13.3. The Morgan fingerprint density at radius 2 is 2.22 bits per heavy atom. The Morgan fingerprint density at radius 1 is 1.44 bits per heavy atom. The van der Waals surface area contributed by atoms with Crippen molar-refractivity contribution in [3.63, 3.8) is 0 Å². The van der Waals surface area contributed by atoms with Gasteiger partial charge >= 0.3 is 0 Å². The standard InChI is InChI=1S/C13H14FN3O/c1-2-8-17-11(6-7-16-17)13(18)9-4-3-5-10(14)12(9)15/h3-7H,2,8,15H2,1H3. The number of aromatic nitrogens is 2. The van der Waals surface area contributed by atoms with Crippen molar-refractivity contribution in [2.24, 2.45) is 0 Å². The van der Waals surface area contributed by atoms with Gasteiger partial charge in [0.1, 0.15) is 11.5 Å². The zero-order valence-electron chi connectivity index (χ0n) is 10.1. The minimum Gasteiger partial charge on any atom is -0.396 e. The van der Waals surface area contributed by atoms with Gasteiger partial charge < -0.3 is 5.73 Å². The van der Waals surface area contributed by atoms with E-state index in [4.69, 9.17) is 5.73 Å². The molecule has 0 aliphatic heterocycles. The SMILES string of the molecule is CCCn1nccc1C(=O)c1cccc(F)c1N. The summed E-state index contributed by atoms with van der Waals surface area (Å²) in [6.45, 7) is 2.63. The number of aryl methyl sites for hydroxylation is 1. The van der Waals surface area contributed by atoms with Crippen molar-refractivity contribution >= 4 is 11.5 Å². The third kappa shape index (κ3) is 2.11. The van der Waals surface area contributed by atoms with Crippen molar-refractivity contribution in [1.29, 1.82) is 0 Å². The number of nitrogen functional groups attached to an aromatic ring is 1. The molecule has 2 N–H and O–H groups in total.